The van der Waals surface area contributed by atoms with E-state index < -0.39 is 24.1 Å². The molecule has 3 amide bonds. The number of aliphatic hydroxyl groups is 2. The normalized spacial score (nSPS) is 24.0. The first-order chi connectivity index (χ1) is 20.2. The third-order valence-electron chi connectivity index (χ3n) is 8.11. The molecule has 0 aromatic heterocycles. The first-order valence-electron chi connectivity index (χ1n) is 13.7. The number of methoxy groups -OCH3 is 1. The van der Waals surface area contributed by atoms with Crippen LogP contribution in [0.1, 0.15) is 38.6 Å². The number of hydrogen-bond donors (Lipinski definition) is 4. The zero-order chi connectivity index (χ0) is 30.0. The number of amides is 3. The molecule has 11 heteroatoms. The molecule has 2 heterocycles. The lowest BCUT2D eigenvalue weighted by molar-refractivity contribution is -0.101. The smallest absolute Gasteiger partial charge is 0.321 e. The van der Waals surface area contributed by atoms with Crippen LogP contribution in [0, 0.1) is 0 Å². The Morgan fingerprint density at radius 1 is 0.929 bits per heavy atom. The number of anilines is 1. The Morgan fingerprint density at radius 3 is 2.21 bits per heavy atom. The van der Waals surface area contributed by atoms with Gasteiger partial charge in [0.2, 0.25) is 5.91 Å². The first-order valence-corrected chi connectivity index (χ1v) is 14.4. The van der Waals surface area contributed by atoms with Gasteiger partial charge >= 0.3 is 6.03 Å². The fourth-order valence-electron chi connectivity index (χ4n) is 5.95. The Bertz CT molecular complexity index is 1450. The molecular weight excluding hydrogens is 604 g/mol. The maximum Gasteiger partial charge on any atom is 0.321 e. The lowest BCUT2D eigenvalue weighted by atomic mass is 9.71. The van der Waals surface area contributed by atoms with E-state index in [-0.39, 0.29) is 61.0 Å². The average Bonchev–Trinajstić information content (AvgIpc) is 2.98. The summed E-state index contributed by atoms with van der Waals surface area (Å²) < 4.78 is 6.09. The van der Waals surface area contributed by atoms with Crippen molar-refractivity contribution in [3.63, 3.8) is 0 Å². The van der Waals surface area contributed by atoms with Crippen LogP contribution in [-0.4, -0.2) is 88.8 Å². The minimum absolute atomic E-state index is 0.0579. The van der Waals surface area contributed by atoms with Crippen molar-refractivity contribution in [1.82, 2.24) is 9.80 Å². The van der Waals surface area contributed by atoms with Crippen LogP contribution in [-0.2, 0) is 0 Å². The Hall–Kier alpha value is -3.77. The topological polar surface area (TPSA) is 145 Å². The Kier molecular flexibility index (Phi) is 8.93. The summed E-state index contributed by atoms with van der Waals surface area (Å²) in [5.41, 5.74) is 7.48. The maximum absolute atomic E-state index is 13.6. The van der Waals surface area contributed by atoms with E-state index in [1.807, 2.05) is 29.2 Å². The van der Waals surface area contributed by atoms with Crippen LogP contribution in [0.2, 0.25) is 0 Å². The fraction of sp³-hybridized carbons (Fsp3) is 0.323. The molecule has 3 aromatic rings. The van der Waals surface area contributed by atoms with Gasteiger partial charge in [0.05, 0.1) is 25.9 Å². The number of primary amides is 1. The number of nitrogens with one attached hydrogen (secondary N) is 1. The number of aliphatic hydroxyl groups excluding tert-OH is 2. The summed E-state index contributed by atoms with van der Waals surface area (Å²) in [7, 11) is 1.56. The molecule has 0 spiro atoms. The molecule has 0 radical (unpaired) electrons. The quantitative estimate of drug-likeness (QED) is 0.291. The van der Waals surface area contributed by atoms with Crippen molar-refractivity contribution in [2.24, 2.45) is 5.73 Å². The lowest BCUT2D eigenvalue weighted by Gasteiger charge is -2.58. The van der Waals surface area contributed by atoms with E-state index in [1.165, 1.54) is 11.0 Å². The van der Waals surface area contributed by atoms with E-state index in [0.29, 0.717) is 11.4 Å². The minimum Gasteiger partial charge on any atom is -0.497 e. The number of benzene rings is 3. The van der Waals surface area contributed by atoms with Crippen LogP contribution >= 0.6 is 15.9 Å². The zero-order valence-corrected chi connectivity index (χ0v) is 24.6. The highest BCUT2D eigenvalue weighted by atomic mass is 79.9. The molecule has 2 fully saturated rings. The van der Waals surface area contributed by atoms with Crippen LogP contribution in [0.3, 0.4) is 0 Å². The molecule has 220 valence electrons. The van der Waals surface area contributed by atoms with Gasteiger partial charge in [-0.3, -0.25) is 14.5 Å². The Balaban J connectivity index is 1.44. The van der Waals surface area contributed by atoms with E-state index in [4.69, 9.17) is 10.5 Å². The summed E-state index contributed by atoms with van der Waals surface area (Å²) in [6, 6.07) is 20.2. The molecule has 0 bridgehead atoms. The summed E-state index contributed by atoms with van der Waals surface area (Å²) in [5.74, 6) is -0.444. The van der Waals surface area contributed by atoms with Gasteiger partial charge in [-0.1, -0.05) is 46.3 Å². The van der Waals surface area contributed by atoms with Gasteiger partial charge in [0, 0.05) is 58.8 Å². The molecule has 0 unspecified atom stereocenters. The van der Waals surface area contributed by atoms with E-state index >= 15 is 0 Å². The van der Waals surface area contributed by atoms with E-state index in [0.717, 1.165) is 10.0 Å². The van der Waals surface area contributed by atoms with Gasteiger partial charge in [0.25, 0.3) is 0 Å². The number of hydrogen-bond acceptors (Lipinski definition) is 7. The summed E-state index contributed by atoms with van der Waals surface area (Å²) in [5, 5.41) is 24.6. The highest BCUT2D eigenvalue weighted by molar-refractivity contribution is 9.10. The van der Waals surface area contributed by atoms with Crippen molar-refractivity contribution in [3.8, 4) is 5.75 Å². The number of halogens is 1. The minimum atomic E-state index is -1.19. The second kappa shape index (κ2) is 12.6. The maximum atomic E-state index is 13.6. The number of fused-ring (bicyclic) bond motifs is 1. The van der Waals surface area contributed by atoms with Crippen LogP contribution in [0.25, 0.3) is 0 Å². The van der Waals surface area contributed by atoms with Gasteiger partial charge in [0.1, 0.15) is 5.75 Å². The molecule has 2 aliphatic heterocycles. The number of Topliss-reactive ketones (excluding diaryl/α,β-unsaturated/α-hetero) is 1. The van der Waals surface area contributed by atoms with Gasteiger partial charge in [0.15, 0.2) is 5.78 Å². The molecule has 10 nitrogen and oxygen atoms in total. The number of rotatable bonds is 7. The van der Waals surface area contributed by atoms with E-state index in [1.54, 1.807) is 49.6 Å². The lowest BCUT2D eigenvalue weighted by Crippen LogP contribution is -2.70. The van der Waals surface area contributed by atoms with Crippen molar-refractivity contribution >= 4 is 39.3 Å². The van der Waals surface area contributed by atoms with E-state index in [9.17, 15) is 24.6 Å². The number of nitrogens with two attached hydrogens (primary N) is 1. The highest BCUT2D eigenvalue weighted by Gasteiger charge is 2.52. The predicted octanol–water partition coefficient (Wildman–Crippen LogP) is 3.24. The monoisotopic (exact) mass is 636 g/mol. The highest BCUT2D eigenvalue weighted by Crippen LogP contribution is 2.44. The summed E-state index contributed by atoms with van der Waals surface area (Å²) in [4.78, 5) is 42.5. The van der Waals surface area contributed by atoms with Gasteiger partial charge in [-0.2, -0.15) is 0 Å². The molecule has 3 aromatic carbocycles. The molecular formula is C31H33BrN4O6. The Labute approximate surface area is 252 Å². The third kappa shape index (κ3) is 6.19. The zero-order valence-electron chi connectivity index (χ0n) is 23.0. The Morgan fingerprint density at radius 2 is 1.57 bits per heavy atom. The molecule has 5 atom stereocenters. The van der Waals surface area contributed by atoms with Crippen molar-refractivity contribution < 1.29 is 29.3 Å². The molecule has 5 N–H and O–H groups in total. The molecule has 42 heavy (non-hydrogen) atoms. The second-order valence-corrected chi connectivity index (χ2v) is 11.6. The number of nitrogens with zero attached hydrogens (tertiary/aromatic N) is 2. The SMILES string of the molecule is COc1ccc(NC(=O)N2C[C@@H](O)[C@@H](O)CN3[C@H](CC(=O)c4ccccc4C(N)=O)[C@H](c4ccc(Br)cc4)[C@@H]3C2)cc1. The van der Waals surface area contributed by atoms with E-state index in [2.05, 4.69) is 21.2 Å². The number of ketones is 1. The van der Waals surface area contributed by atoms with Crippen molar-refractivity contribution in [2.45, 2.75) is 36.6 Å². The van der Waals surface area contributed by atoms with Crippen LogP contribution in [0.5, 0.6) is 5.75 Å². The van der Waals surface area contributed by atoms with Gasteiger partial charge < -0.3 is 30.9 Å². The molecule has 0 saturated carbocycles. The fourth-order valence-corrected chi connectivity index (χ4v) is 6.21. The van der Waals surface area contributed by atoms with Crippen LogP contribution in [0.4, 0.5) is 10.5 Å². The summed E-state index contributed by atoms with van der Waals surface area (Å²) in [6.07, 6.45) is -2.28. The average molecular weight is 638 g/mol. The standard InChI is InChI=1S/C31H33BrN4O6/c1-42-21-12-10-20(11-13-21)34-31(41)35-15-25-29(18-6-8-19(32)9-7-18)24(36(25)17-28(39)27(38)16-35)14-26(37)22-4-2-3-5-23(22)30(33)40/h2-13,24-25,27-29,38-39H,14-17H2,1H3,(H2,33,40)(H,34,41)/t24-,25+,27-,28+,29+/m1/s1. The van der Waals surface area contributed by atoms with Crippen LogP contribution < -0.4 is 15.8 Å². The van der Waals surface area contributed by atoms with Crippen LogP contribution in [0.15, 0.2) is 77.3 Å². The number of urea groups is 1. The number of carbonyl (C=O) groups excluding carboxylic acids is 3. The number of β-amino-alcohol motifs (C(OH)–C–C–N with tert-alkyl or cyclic N) is 1. The van der Waals surface area contributed by atoms with Crippen molar-refractivity contribution in [1.29, 1.82) is 0 Å². The molecule has 0 aliphatic carbocycles. The van der Waals surface area contributed by atoms with Gasteiger partial charge in [-0.15, -0.1) is 0 Å². The predicted molar refractivity (Wildman–Crippen MR) is 161 cm³/mol. The molecule has 5 rings (SSSR count). The molecule has 2 saturated heterocycles. The largest absolute Gasteiger partial charge is 0.497 e. The van der Waals surface area contributed by atoms with Crippen molar-refractivity contribution in [2.75, 3.05) is 32.1 Å². The number of ether oxygens (including phenoxy) is 1. The summed E-state index contributed by atoms with van der Waals surface area (Å²) >= 11 is 3.48. The van der Waals surface area contributed by atoms with Crippen molar-refractivity contribution in [3.05, 3.63) is 94.0 Å². The molecule has 2 aliphatic rings. The van der Waals surface area contributed by atoms with Gasteiger partial charge in [-0.25, -0.2) is 4.79 Å². The van der Waals surface area contributed by atoms with Gasteiger partial charge in [-0.05, 0) is 48.0 Å². The third-order valence-corrected chi connectivity index (χ3v) is 8.64. The number of carbonyl (C=O) groups is 3. The first kappa shape index (κ1) is 29.7. The summed E-state index contributed by atoms with van der Waals surface area (Å²) in [6.45, 7) is 0.327. The second-order valence-electron chi connectivity index (χ2n) is 10.6.